The first-order chi connectivity index (χ1) is 5.43. The first kappa shape index (κ1) is 10.3. The molecule has 12 heavy (non-hydrogen) atoms. The summed E-state index contributed by atoms with van der Waals surface area (Å²) in [6, 6.07) is 0. The lowest BCUT2D eigenvalue weighted by Crippen LogP contribution is -2.35. The van der Waals surface area contributed by atoms with Gasteiger partial charge >= 0.3 is 0 Å². The second kappa shape index (κ2) is 4.27. The third-order valence-corrected chi connectivity index (χ3v) is 0.891. The molecule has 0 aliphatic heterocycles. The predicted molar refractivity (Wildman–Crippen MR) is 41.8 cm³/mol. The fraction of sp³-hybridized carbons (Fsp3) is 0.286. The second-order valence-corrected chi connectivity index (χ2v) is 2.17. The minimum absolute atomic E-state index is 0.141. The van der Waals surface area contributed by atoms with Crippen LogP contribution in [0.4, 0.5) is 0 Å². The average Bonchev–Trinajstić information content (AvgIpc) is 1.84. The Balaban J connectivity index is 4.03. The van der Waals surface area contributed by atoms with Crippen molar-refractivity contribution in [1.29, 1.82) is 0 Å². The Morgan fingerprint density at radius 3 is 1.75 bits per heavy atom. The van der Waals surface area contributed by atoms with Gasteiger partial charge in [0.2, 0.25) is 11.8 Å². The van der Waals surface area contributed by atoms with E-state index in [1.165, 1.54) is 13.8 Å². The Kier molecular flexibility index (Phi) is 3.69. The van der Waals surface area contributed by atoms with Crippen LogP contribution < -0.4 is 10.6 Å². The predicted octanol–water partition coefficient (Wildman–Crippen LogP) is -0.701. The Hall–Kier alpha value is -1.65. The molecule has 0 rings (SSSR count). The number of rotatable bonds is 2. The monoisotopic (exact) mass is 170 g/mol. The number of amides is 3. The summed E-state index contributed by atoms with van der Waals surface area (Å²) in [6.07, 6.45) is 0. The molecule has 0 fully saturated rings. The van der Waals surface area contributed by atoms with Crippen molar-refractivity contribution in [2.45, 2.75) is 13.8 Å². The van der Waals surface area contributed by atoms with E-state index in [4.69, 9.17) is 0 Å². The van der Waals surface area contributed by atoms with E-state index in [0.29, 0.717) is 0 Å². The Labute approximate surface area is 69.8 Å². The molecule has 0 saturated carbocycles. The van der Waals surface area contributed by atoms with E-state index in [9.17, 15) is 14.4 Å². The summed E-state index contributed by atoms with van der Waals surface area (Å²) in [6.45, 7) is 5.69. The van der Waals surface area contributed by atoms with Crippen molar-refractivity contribution < 1.29 is 14.4 Å². The molecule has 0 bridgehead atoms. The standard InChI is InChI=1S/C7H10N2O3/c1-4(8-5(2)10)7(12)9-6(3)11/h1H2,2-3H3,(H,8,10)(H,9,11,12). The first-order valence-electron chi connectivity index (χ1n) is 3.22. The van der Waals surface area contributed by atoms with E-state index in [2.05, 4.69) is 11.9 Å². The van der Waals surface area contributed by atoms with Crippen molar-refractivity contribution in [2.75, 3.05) is 0 Å². The minimum atomic E-state index is -0.697. The van der Waals surface area contributed by atoms with Crippen LogP contribution in [0.3, 0.4) is 0 Å². The van der Waals surface area contributed by atoms with Crippen molar-refractivity contribution in [3.05, 3.63) is 12.3 Å². The zero-order chi connectivity index (χ0) is 9.72. The summed E-state index contributed by atoms with van der Waals surface area (Å²) in [7, 11) is 0. The van der Waals surface area contributed by atoms with Gasteiger partial charge in [-0.1, -0.05) is 6.58 Å². The van der Waals surface area contributed by atoms with Gasteiger partial charge in [-0.2, -0.15) is 0 Å². The van der Waals surface area contributed by atoms with Crippen LogP contribution >= 0.6 is 0 Å². The topological polar surface area (TPSA) is 75.3 Å². The number of imide groups is 1. The number of carbonyl (C=O) groups excluding carboxylic acids is 3. The Morgan fingerprint density at radius 2 is 1.42 bits per heavy atom. The van der Waals surface area contributed by atoms with E-state index in [1.807, 2.05) is 5.32 Å². The van der Waals surface area contributed by atoms with Gasteiger partial charge in [-0.05, 0) is 0 Å². The summed E-state index contributed by atoms with van der Waals surface area (Å²) < 4.78 is 0. The molecule has 0 aliphatic rings. The third-order valence-electron chi connectivity index (χ3n) is 0.891. The van der Waals surface area contributed by atoms with Crippen molar-refractivity contribution in [3.63, 3.8) is 0 Å². The lowest BCUT2D eigenvalue weighted by atomic mass is 10.4. The lowest BCUT2D eigenvalue weighted by Gasteiger charge is -2.03. The molecule has 0 unspecified atom stereocenters. The fourth-order valence-corrected chi connectivity index (χ4v) is 0.505. The van der Waals surface area contributed by atoms with Crippen molar-refractivity contribution in [3.8, 4) is 0 Å². The van der Waals surface area contributed by atoms with E-state index >= 15 is 0 Å². The molecule has 0 atom stereocenters. The SMILES string of the molecule is C=C(NC(C)=O)C(=O)NC(C)=O. The van der Waals surface area contributed by atoms with Gasteiger partial charge in [0.15, 0.2) is 0 Å². The van der Waals surface area contributed by atoms with Crippen LogP contribution in [0.25, 0.3) is 0 Å². The van der Waals surface area contributed by atoms with Crippen LogP contribution in [-0.2, 0) is 14.4 Å². The van der Waals surface area contributed by atoms with E-state index in [-0.39, 0.29) is 5.70 Å². The van der Waals surface area contributed by atoms with Crippen LogP contribution in [0.2, 0.25) is 0 Å². The first-order valence-corrected chi connectivity index (χ1v) is 3.22. The van der Waals surface area contributed by atoms with Gasteiger partial charge in [0.1, 0.15) is 0 Å². The Morgan fingerprint density at radius 1 is 1.00 bits per heavy atom. The molecule has 5 nitrogen and oxygen atoms in total. The highest BCUT2D eigenvalue weighted by Crippen LogP contribution is 1.83. The highest BCUT2D eigenvalue weighted by Gasteiger charge is 2.08. The summed E-state index contributed by atoms with van der Waals surface area (Å²) in [5.74, 6) is -1.59. The van der Waals surface area contributed by atoms with E-state index in [0.717, 1.165) is 0 Å². The van der Waals surface area contributed by atoms with Crippen molar-refractivity contribution >= 4 is 17.7 Å². The van der Waals surface area contributed by atoms with Gasteiger partial charge in [-0.15, -0.1) is 0 Å². The summed E-state index contributed by atoms with van der Waals surface area (Å²) in [4.78, 5) is 31.6. The van der Waals surface area contributed by atoms with E-state index < -0.39 is 17.7 Å². The molecule has 0 aliphatic carbocycles. The normalized spacial score (nSPS) is 8.50. The molecule has 66 valence electrons. The molecule has 0 aromatic heterocycles. The average molecular weight is 170 g/mol. The Bertz CT molecular complexity index is 219. The molecule has 0 spiro atoms. The minimum Gasteiger partial charge on any atom is -0.322 e. The maximum Gasteiger partial charge on any atom is 0.273 e. The van der Waals surface area contributed by atoms with Gasteiger partial charge in [0.25, 0.3) is 5.91 Å². The van der Waals surface area contributed by atoms with Gasteiger partial charge in [-0.3, -0.25) is 19.7 Å². The largest absolute Gasteiger partial charge is 0.322 e. The van der Waals surface area contributed by atoms with E-state index in [1.54, 1.807) is 0 Å². The lowest BCUT2D eigenvalue weighted by molar-refractivity contribution is -0.128. The molecular weight excluding hydrogens is 160 g/mol. The number of hydrogen-bond acceptors (Lipinski definition) is 3. The third kappa shape index (κ3) is 4.21. The summed E-state index contributed by atoms with van der Waals surface area (Å²) in [5, 5.41) is 4.11. The van der Waals surface area contributed by atoms with Gasteiger partial charge in [0.05, 0.1) is 5.70 Å². The zero-order valence-electron chi connectivity index (χ0n) is 6.93. The molecule has 0 aromatic rings. The van der Waals surface area contributed by atoms with Crippen LogP contribution in [0.15, 0.2) is 12.3 Å². The highest BCUT2D eigenvalue weighted by molar-refractivity contribution is 6.04. The summed E-state index contributed by atoms with van der Waals surface area (Å²) in [5.41, 5.74) is -0.141. The molecule has 3 amide bonds. The number of nitrogens with one attached hydrogen (secondary N) is 2. The van der Waals surface area contributed by atoms with Crippen LogP contribution in [0, 0.1) is 0 Å². The molecule has 0 saturated heterocycles. The van der Waals surface area contributed by atoms with Gasteiger partial charge in [0, 0.05) is 13.8 Å². The number of carbonyl (C=O) groups is 3. The van der Waals surface area contributed by atoms with Gasteiger partial charge < -0.3 is 5.32 Å². The second-order valence-electron chi connectivity index (χ2n) is 2.17. The smallest absolute Gasteiger partial charge is 0.273 e. The molecule has 0 heterocycles. The van der Waals surface area contributed by atoms with Crippen LogP contribution in [-0.4, -0.2) is 17.7 Å². The zero-order valence-corrected chi connectivity index (χ0v) is 6.93. The molecule has 0 radical (unpaired) electrons. The van der Waals surface area contributed by atoms with Gasteiger partial charge in [-0.25, -0.2) is 0 Å². The van der Waals surface area contributed by atoms with Crippen molar-refractivity contribution in [1.82, 2.24) is 10.6 Å². The molecule has 5 heteroatoms. The maximum atomic E-state index is 10.8. The molecular formula is C7H10N2O3. The van der Waals surface area contributed by atoms with Crippen LogP contribution in [0.1, 0.15) is 13.8 Å². The molecule has 0 aromatic carbocycles. The van der Waals surface area contributed by atoms with Crippen LogP contribution in [0.5, 0.6) is 0 Å². The maximum absolute atomic E-state index is 10.8. The summed E-state index contributed by atoms with van der Waals surface area (Å²) >= 11 is 0. The quantitative estimate of drug-likeness (QED) is 0.538. The number of hydrogen-bond donors (Lipinski definition) is 2. The van der Waals surface area contributed by atoms with Crippen molar-refractivity contribution in [2.24, 2.45) is 0 Å². The highest BCUT2D eigenvalue weighted by atomic mass is 16.2. The fourth-order valence-electron chi connectivity index (χ4n) is 0.505. The molecule has 2 N–H and O–H groups in total.